The van der Waals surface area contributed by atoms with E-state index < -0.39 is 5.60 Å². The van der Waals surface area contributed by atoms with E-state index in [1.165, 1.54) is 17.5 Å². The Morgan fingerprint density at radius 2 is 2.11 bits per heavy atom. The van der Waals surface area contributed by atoms with E-state index in [0.717, 1.165) is 32.1 Å². The number of carbonyl (C=O) groups excluding carboxylic acids is 1. The third kappa shape index (κ3) is 2.23. The van der Waals surface area contributed by atoms with Crippen LogP contribution in [-0.4, -0.2) is 18.5 Å². The number of hydrogen-bond donors (Lipinski definition) is 0. The van der Waals surface area contributed by atoms with E-state index in [1.807, 2.05) is 0 Å². The molecule has 0 N–H and O–H groups in total. The Balaban J connectivity index is 1.76. The number of methoxy groups -OCH3 is 1. The maximum absolute atomic E-state index is 12.5. The molecule has 2 nitrogen and oxygen atoms in total. The summed E-state index contributed by atoms with van der Waals surface area (Å²) in [7, 11) is 1.69. The first-order valence-corrected chi connectivity index (χ1v) is 7.41. The highest BCUT2D eigenvalue weighted by Crippen LogP contribution is 2.41. The van der Waals surface area contributed by atoms with Gasteiger partial charge in [0.2, 0.25) is 0 Å². The van der Waals surface area contributed by atoms with Crippen molar-refractivity contribution in [2.75, 3.05) is 7.11 Å². The standard InChI is InChI=1S/C17H22O2/c1-19-17(10-5-11-17)16(18)12-14-8-4-7-13-6-2-3-9-15(13)14/h2-3,6,9,14H,4-5,7-8,10-12H2,1H3. The van der Waals surface area contributed by atoms with Crippen LogP contribution in [0.5, 0.6) is 0 Å². The second kappa shape index (κ2) is 5.09. The second-order valence-corrected chi connectivity index (χ2v) is 5.97. The Hall–Kier alpha value is -1.15. The van der Waals surface area contributed by atoms with Gasteiger partial charge < -0.3 is 4.74 Å². The van der Waals surface area contributed by atoms with Gasteiger partial charge in [-0.25, -0.2) is 0 Å². The van der Waals surface area contributed by atoms with Gasteiger partial charge in [0.25, 0.3) is 0 Å². The molecule has 1 atom stereocenters. The van der Waals surface area contributed by atoms with Crippen LogP contribution in [0, 0.1) is 0 Å². The number of ether oxygens (including phenoxy) is 1. The number of carbonyl (C=O) groups is 1. The number of Topliss-reactive ketones (excluding diaryl/α,β-unsaturated/α-hetero) is 1. The molecular weight excluding hydrogens is 236 g/mol. The normalized spacial score (nSPS) is 24.4. The summed E-state index contributed by atoms with van der Waals surface area (Å²) in [4.78, 5) is 12.5. The lowest BCUT2D eigenvalue weighted by molar-refractivity contribution is -0.152. The first-order valence-electron chi connectivity index (χ1n) is 7.41. The summed E-state index contributed by atoms with van der Waals surface area (Å²) in [5, 5.41) is 0. The van der Waals surface area contributed by atoms with Gasteiger partial charge >= 0.3 is 0 Å². The molecule has 1 fully saturated rings. The molecular formula is C17H22O2. The van der Waals surface area contributed by atoms with Crippen LogP contribution in [0.25, 0.3) is 0 Å². The number of aryl methyl sites for hydroxylation is 1. The molecule has 1 aromatic rings. The quantitative estimate of drug-likeness (QED) is 0.824. The lowest BCUT2D eigenvalue weighted by atomic mass is 9.72. The Labute approximate surface area is 115 Å². The predicted octanol–water partition coefficient (Wildman–Crippen LogP) is 3.63. The van der Waals surface area contributed by atoms with Crippen LogP contribution in [0.1, 0.15) is 55.6 Å². The zero-order valence-electron chi connectivity index (χ0n) is 11.7. The fourth-order valence-corrected chi connectivity index (χ4v) is 3.57. The van der Waals surface area contributed by atoms with E-state index >= 15 is 0 Å². The molecule has 2 aliphatic rings. The topological polar surface area (TPSA) is 26.3 Å². The minimum absolute atomic E-state index is 0.322. The van der Waals surface area contributed by atoms with Gasteiger partial charge in [0.1, 0.15) is 5.60 Å². The van der Waals surface area contributed by atoms with Gasteiger partial charge in [0, 0.05) is 13.5 Å². The maximum Gasteiger partial charge on any atom is 0.165 e. The summed E-state index contributed by atoms with van der Waals surface area (Å²) < 4.78 is 5.52. The minimum atomic E-state index is -0.438. The van der Waals surface area contributed by atoms with Crippen LogP contribution in [0.2, 0.25) is 0 Å². The van der Waals surface area contributed by atoms with E-state index in [9.17, 15) is 4.79 Å². The summed E-state index contributed by atoms with van der Waals surface area (Å²) >= 11 is 0. The molecule has 1 aromatic carbocycles. The molecule has 2 heteroatoms. The van der Waals surface area contributed by atoms with Gasteiger partial charge in [-0.2, -0.15) is 0 Å². The molecule has 0 radical (unpaired) electrons. The first-order chi connectivity index (χ1) is 9.25. The van der Waals surface area contributed by atoms with E-state index in [2.05, 4.69) is 24.3 Å². The number of benzene rings is 1. The molecule has 1 saturated carbocycles. The third-order valence-electron chi connectivity index (χ3n) is 4.99. The number of hydrogen-bond acceptors (Lipinski definition) is 2. The highest BCUT2D eigenvalue weighted by molar-refractivity contribution is 5.89. The molecule has 3 rings (SSSR count). The van der Waals surface area contributed by atoms with E-state index in [-0.39, 0.29) is 0 Å². The Morgan fingerprint density at radius 1 is 1.32 bits per heavy atom. The smallest absolute Gasteiger partial charge is 0.165 e. The van der Waals surface area contributed by atoms with Crippen molar-refractivity contribution < 1.29 is 9.53 Å². The molecule has 0 aromatic heterocycles. The monoisotopic (exact) mass is 258 g/mol. The van der Waals surface area contributed by atoms with E-state index in [1.54, 1.807) is 7.11 Å². The van der Waals surface area contributed by atoms with Crippen molar-refractivity contribution in [3.63, 3.8) is 0 Å². The molecule has 2 aliphatic carbocycles. The van der Waals surface area contributed by atoms with Crippen LogP contribution >= 0.6 is 0 Å². The summed E-state index contributed by atoms with van der Waals surface area (Å²) in [6.07, 6.45) is 7.12. The molecule has 0 saturated heterocycles. The number of ketones is 1. The van der Waals surface area contributed by atoms with Gasteiger partial charge in [-0.1, -0.05) is 24.3 Å². The summed E-state index contributed by atoms with van der Waals surface area (Å²) in [6, 6.07) is 8.61. The highest BCUT2D eigenvalue weighted by Gasteiger charge is 2.44. The maximum atomic E-state index is 12.5. The minimum Gasteiger partial charge on any atom is -0.370 e. The van der Waals surface area contributed by atoms with E-state index in [0.29, 0.717) is 18.1 Å². The van der Waals surface area contributed by atoms with Gasteiger partial charge in [-0.3, -0.25) is 4.79 Å². The average Bonchev–Trinajstić information content (AvgIpc) is 2.38. The highest BCUT2D eigenvalue weighted by atomic mass is 16.5. The van der Waals surface area contributed by atoms with Gasteiger partial charge in [0.15, 0.2) is 5.78 Å². The van der Waals surface area contributed by atoms with Crippen molar-refractivity contribution in [1.82, 2.24) is 0 Å². The number of rotatable bonds is 4. The predicted molar refractivity (Wildman–Crippen MR) is 75.3 cm³/mol. The van der Waals surface area contributed by atoms with Gasteiger partial charge in [-0.05, 0) is 55.6 Å². The second-order valence-electron chi connectivity index (χ2n) is 5.97. The molecule has 0 aliphatic heterocycles. The van der Waals surface area contributed by atoms with Crippen LogP contribution in [-0.2, 0) is 16.0 Å². The SMILES string of the molecule is COC1(C(=O)CC2CCCc3ccccc32)CCC1. The van der Waals surface area contributed by atoms with Crippen molar-refractivity contribution in [2.45, 2.75) is 56.5 Å². The molecule has 1 unspecified atom stereocenters. The van der Waals surface area contributed by atoms with Gasteiger partial charge in [0.05, 0.1) is 0 Å². The molecule has 0 amide bonds. The lowest BCUT2D eigenvalue weighted by Crippen LogP contribution is -2.47. The van der Waals surface area contributed by atoms with Crippen molar-refractivity contribution in [3.8, 4) is 0 Å². The molecule has 0 heterocycles. The fraction of sp³-hybridized carbons (Fsp3) is 0.588. The largest absolute Gasteiger partial charge is 0.370 e. The zero-order valence-corrected chi connectivity index (χ0v) is 11.7. The zero-order chi connectivity index (χ0) is 13.3. The van der Waals surface area contributed by atoms with Crippen molar-refractivity contribution in [2.24, 2.45) is 0 Å². The Kier molecular flexibility index (Phi) is 3.44. The van der Waals surface area contributed by atoms with Crippen LogP contribution < -0.4 is 0 Å². The van der Waals surface area contributed by atoms with Crippen LogP contribution in [0.4, 0.5) is 0 Å². The summed E-state index contributed by atoms with van der Waals surface area (Å²) in [5.74, 6) is 0.730. The first kappa shape index (κ1) is 12.9. The third-order valence-corrected chi connectivity index (χ3v) is 4.99. The lowest BCUT2D eigenvalue weighted by Gasteiger charge is -2.40. The molecule has 0 spiro atoms. The van der Waals surface area contributed by atoms with Crippen molar-refractivity contribution in [3.05, 3.63) is 35.4 Å². The number of fused-ring (bicyclic) bond motifs is 1. The summed E-state index contributed by atoms with van der Waals surface area (Å²) in [6.45, 7) is 0. The Bertz CT molecular complexity index is 468. The summed E-state index contributed by atoms with van der Waals surface area (Å²) in [5.41, 5.74) is 2.39. The fourth-order valence-electron chi connectivity index (χ4n) is 3.57. The van der Waals surface area contributed by atoms with E-state index in [4.69, 9.17) is 4.74 Å². The van der Waals surface area contributed by atoms with Crippen LogP contribution in [0.15, 0.2) is 24.3 Å². The molecule has 0 bridgehead atoms. The van der Waals surface area contributed by atoms with Crippen molar-refractivity contribution >= 4 is 5.78 Å². The Morgan fingerprint density at radius 3 is 2.79 bits per heavy atom. The van der Waals surface area contributed by atoms with Gasteiger partial charge in [-0.15, -0.1) is 0 Å². The van der Waals surface area contributed by atoms with Crippen LogP contribution in [0.3, 0.4) is 0 Å². The molecule has 19 heavy (non-hydrogen) atoms. The van der Waals surface area contributed by atoms with Crippen molar-refractivity contribution in [1.29, 1.82) is 0 Å². The average molecular weight is 258 g/mol. The molecule has 102 valence electrons.